The van der Waals surface area contributed by atoms with Gasteiger partial charge in [-0.05, 0) is 43.8 Å². The number of ether oxygens (including phenoxy) is 1. The quantitative estimate of drug-likeness (QED) is 0.879. The first-order chi connectivity index (χ1) is 9.89. The number of benzene rings is 1. The maximum Gasteiger partial charge on any atom is 0.412 e. The minimum atomic E-state index is -0.525. The molecule has 0 aliphatic carbocycles. The molecule has 21 heavy (non-hydrogen) atoms. The lowest BCUT2D eigenvalue weighted by Crippen LogP contribution is -2.27. The molecule has 0 saturated heterocycles. The summed E-state index contributed by atoms with van der Waals surface area (Å²) in [6, 6.07) is 9.49. The lowest BCUT2D eigenvalue weighted by atomic mass is 10.1. The van der Waals surface area contributed by atoms with Crippen LogP contribution < -0.4 is 5.32 Å². The molecule has 5 heteroatoms. The molecule has 2 aromatic rings. The van der Waals surface area contributed by atoms with Gasteiger partial charge in [0.25, 0.3) is 0 Å². The van der Waals surface area contributed by atoms with Gasteiger partial charge in [-0.1, -0.05) is 12.1 Å². The number of carbonyl (C=O) groups is 1. The Balaban J connectivity index is 2.10. The van der Waals surface area contributed by atoms with E-state index in [2.05, 4.69) is 11.4 Å². The molecule has 1 aromatic heterocycles. The zero-order valence-electron chi connectivity index (χ0n) is 12.1. The average molecular weight is 300 g/mol. The molecule has 0 atom stereocenters. The average Bonchev–Trinajstić information content (AvgIpc) is 2.85. The predicted molar refractivity (Wildman–Crippen MR) is 84.3 cm³/mol. The van der Waals surface area contributed by atoms with Crippen LogP contribution in [0.3, 0.4) is 0 Å². The summed E-state index contributed by atoms with van der Waals surface area (Å²) in [7, 11) is 0. The van der Waals surface area contributed by atoms with Crippen molar-refractivity contribution in [3.05, 3.63) is 40.6 Å². The Kier molecular flexibility index (Phi) is 4.29. The number of thiophene rings is 1. The highest BCUT2D eigenvalue weighted by molar-refractivity contribution is 7.08. The molecule has 1 N–H and O–H groups in total. The van der Waals surface area contributed by atoms with Crippen molar-refractivity contribution >= 4 is 23.1 Å². The van der Waals surface area contributed by atoms with E-state index in [1.54, 1.807) is 12.1 Å². The van der Waals surface area contributed by atoms with Crippen molar-refractivity contribution in [3.63, 3.8) is 0 Å². The van der Waals surface area contributed by atoms with Gasteiger partial charge in [-0.25, -0.2) is 4.79 Å². The van der Waals surface area contributed by atoms with E-state index < -0.39 is 11.7 Å². The van der Waals surface area contributed by atoms with Gasteiger partial charge in [0.05, 0.1) is 5.56 Å². The molecule has 1 heterocycles. The molecule has 0 spiro atoms. The Bertz CT molecular complexity index is 676. The van der Waals surface area contributed by atoms with E-state index in [-0.39, 0.29) is 0 Å². The van der Waals surface area contributed by atoms with Crippen LogP contribution in [0, 0.1) is 11.3 Å². The van der Waals surface area contributed by atoms with Crippen molar-refractivity contribution in [2.75, 3.05) is 5.32 Å². The first-order valence-electron chi connectivity index (χ1n) is 6.46. The second kappa shape index (κ2) is 5.98. The van der Waals surface area contributed by atoms with Crippen molar-refractivity contribution in [1.29, 1.82) is 5.26 Å². The van der Waals surface area contributed by atoms with E-state index in [1.165, 1.54) is 11.3 Å². The van der Waals surface area contributed by atoms with Crippen molar-refractivity contribution in [1.82, 2.24) is 0 Å². The lowest BCUT2D eigenvalue weighted by Gasteiger charge is -2.19. The van der Waals surface area contributed by atoms with Gasteiger partial charge < -0.3 is 4.74 Å². The molecule has 0 aliphatic rings. The van der Waals surface area contributed by atoms with Crippen LogP contribution in [0.2, 0.25) is 0 Å². The van der Waals surface area contributed by atoms with Gasteiger partial charge in [-0.3, -0.25) is 5.32 Å². The van der Waals surface area contributed by atoms with Crippen LogP contribution in [0.1, 0.15) is 26.3 Å². The van der Waals surface area contributed by atoms with Crippen LogP contribution in [-0.2, 0) is 4.74 Å². The number of hydrogen-bond donors (Lipinski definition) is 1. The van der Waals surface area contributed by atoms with Gasteiger partial charge in [-0.2, -0.15) is 16.6 Å². The van der Waals surface area contributed by atoms with Gasteiger partial charge >= 0.3 is 6.09 Å². The normalized spacial score (nSPS) is 10.8. The summed E-state index contributed by atoms with van der Waals surface area (Å²) in [5.41, 5.74) is 2.64. The number of nitrogens with zero attached hydrogens (tertiary/aromatic N) is 1. The van der Waals surface area contributed by atoms with Gasteiger partial charge in [0, 0.05) is 16.6 Å². The van der Waals surface area contributed by atoms with Crippen LogP contribution in [-0.4, -0.2) is 11.7 Å². The minimum absolute atomic E-state index is 0.483. The van der Waals surface area contributed by atoms with Crippen molar-refractivity contribution < 1.29 is 9.53 Å². The maximum atomic E-state index is 11.7. The molecular weight excluding hydrogens is 284 g/mol. The number of hydrogen-bond acceptors (Lipinski definition) is 4. The Hall–Kier alpha value is -2.32. The number of carbonyl (C=O) groups excluding carboxylic acids is 1. The third kappa shape index (κ3) is 4.07. The second-order valence-corrected chi connectivity index (χ2v) is 6.26. The summed E-state index contributed by atoms with van der Waals surface area (Å²) in [6.07, 6.45) is -0.483. The van der Waals surface area contributed by atoms with Crippen LogP contribution in [0.15, 0.2) is 35.0 Å². The number of rotatable bonds is 2. The van der Waals surface area contributed by atoms with Crippen LogP contribution >= 0.6 is 11.3 Å². The highest BCUT2D eigenvalue weighted by Crippen LogP contribution is 2.28. The molecule has 0 bridgehead atoms. The van der Waals surface area contributed by atoms with Gasteiger partial charge in [0.1, 0.15) is 11.7 Å². The molecule has 0 unspecified atom stereocenters. The van der Waals surface area contributed by atoms with Crippen molar-refractivity contribution in [2.45, 2.75) is 26.4 Å². The molecule has 108 valence electrons. The van der Waals surface area contributed by atoms with E-state index in [0.29, 0.717) is 11.3 Å². The van der Waals surface area contributed by atoms with Crippen LogP contribution in [0.5, 0.6) is 0 Å². The zero-order chi connectivity index (χ0) is 15.5. The zero-order valence-corrected chi connectivity index (χ0v) is 13.0. The highest BCUT2D eigenvalue weighted by atomic mass is 32.1. The van der Waals surface area contributed by atoms with Crippen LogP contribution in [0.25, 0.3) is 11.1 Å². The minimum Gasteiger partial charge on any atom is -0.444 e. The molecule has 2 rings (SSSR count). The molecule has 4 nitrogen and oxygen atoms in total. The maximum absolute atomic E-state index is 11.7. The van der Waals surface area contributed by atoms with Crippen molar-refractivity contribution in [2.24, 2.45) is 0 Å². The summed E-state index contributed by atoms with van der Waals surface area (Å²) >= 11 is 1.49. The monoisotopic (exact) mass is 300 g/mol. The van der Waals surface area contributed by atoms with Gasteiger partial charge in [0.2, 0.25) is 0 Å². The molecule has 1 amide bonds. The van der Waals surface area contributed by atoms with E-state index in [4.69, 9.17) is 10.00 Å². The molecular formula is C16H16N2O2S. The van der Waals surface area contributed by atoms with E-state index in [0.717, 1.165) is 11.1 Å². The van der Waals surface area contributed by atoms with Gasteiger partial charge in [-0.15, -0.1) is 0 Å². The standard InChI is InChI=1S/C16H16N2O2S/c1-16(2,3)20-15(19)18-13-6-4-11(5-7-13)14-10-21-9-12(14)8-17/h4-7,9-10H,1-3H3,(H,18,19). The summed E-state index contributed by atoms with van der Waals surface area (Å²) in [5, 5.41) is 15.5. The fourth-order valence-corrected chi connectivity index (χ4v) is 2.54. The third-order valence-corrected chi connectivity index (χ3v) is 3.37. The predicted octanol–water partition coefficient (Wildman–Crippen LogP) is 4.63. The van der Waals surface area contributed by atoms with E-state index in [9.17, 15) is 4.79 Å². The molecule has 1 aromatic carbocycles. The first-order valence-corrected chi connectivity index (χ1v) is 7.40. The smallest absolute Gasteiger partial charge is 0.412 e. The lowest BCUT2D eigenvalue weighted by molar-refractivity contribution is 0.0636. The topological polar surface area (TPSA) is 62.1 Å². The highest BCUT2D eigenvalue weighted by Gasteiger charge is 2.16. The third-order valence-electron chi connectivity index (χ3n) is 2.62. The number of nitriles is 1. The largest absolute Gasteiger partial charge is 0.444 e. The van der Waals surface area contributed by atoms with Crippen molar-refractivity contribution in [3.8, 4) is 17.2 Å². The Labute approximate surface area is 128 Å². The van der Waals surface area contributed by atoms with E-state index >= 15 is 0 Å². The summed E-state index contributed by atoms with van der Waals surface area (Å²) in [5.74, 6) is 0. The number of amides is 1. The Morgan fingerprint density at radius 2 is 1.90 bits per heavy atom. The first kappa shape index (κ1) is 15.1. The fourth-order valence-electron chi connectivity index (χ4n) is 1.76. The SMILES string of the molecule is CC(C)(C)OC(=O)Nc1ccc(-c2cscc2C#N)cc1. The van der Waals surface area contributed by atoms with E-state index in [1.807, 2.05) is 43.7 Å². The Morgan fingerprint density at radius 3 is 2.48 bits per heavy atom. The number of nitrogens with one attached hydrogen (secondary N) is 1. The molecule has 0 aliphatic heterocycles. The number of anilines is 1. The summed E-state index contributed by atoms with van der Waals surface area (Å²) in [6.45, 7) is 5.45. The molecule has 0 radical (unpaired) electrons. The molecule has 0 saturated carbocycles. The second-order valence-electron chi connectivity index (χ2n) is 5.52. The van der Waals surface area contributed by atoms with Gasteiger partial charge in [0.15, 0.2) is 0 Å². The summed E-state index contributed by atoms with van der Waals surface area (Å²) < 4.78 is 5.19. The van der Waals surface area contributed by atoms with Crippen LogP contribution in [0.4, 0.5) is 10.5 Å². The Morgan fingerprint density at radius 1 is 1.24 bits per heavy atom. The fraction of sp³-hybridized carbons (Fsp3) is 0.250. The molecule has 0 fully saturated rings. The summed E-state index contributed by atoms with van der Waals surface area (Å²) in [4.78, 5) is 11.7.